The van der Waals surface area contributed by atoms with Gasteiger partial charge in [-0.05, 0) is 35.9 Å². The van der Waals surface area contributed by atoms with Gasteiger partial charge < -0.3 is 15.0 Å². The van der Waals surface area contributed by atoms with Crippen LogP contribution in [0.5, 0.6) is 5.75 Å². The van der Waals surface area contributed by atoms with Crippen molar-refractivity contribution in [3.8, 4) is 11.8 Å². The maximum absolute atomic E-state index is 12.7. The number of nitriles is 1. The molecule has 0 aliphatic heterocycles. The van der Waals surface area contributed by atoms with Crippen molar-refractivity contribution in [3.05, 3.63) is 105 Å². The molecule has 3 aromatic carbocycles. The van der Waals surface area contributed by atoms with E-state index in [2.05, 4.69) is 10.3 Å². The van der Waals surface area contributed by atoms with Crippen LogP contribution in [0.4, 0.5) is 11.4 Å². The van der Waals surface area contributed by atoms with E-state index in [1.165, 1.54) is 18.2 Å². The van der Waals surface area contributed by atoms with E-state index in [0.29, 0.717) is 17.9 Å². The van der Waals surface area contributed by atoms with Gasteiger partial charge in [-0.3, -0.25) is 14.9 Å². The van der Waals surface area contributed by atoms with E-state index in [-0.39, 0.29) is 22.0 Å². The number of carbonyl (C=O) groups excluding carboxylic acids is 1. The zero-order chi connectivity index (χ0) is 24.1. The summed E-state index contributed by atoms with van der Waals surface area (Å²) in [6.45, 7) is 0.401. The number of nitro groups is 1. The Morgan fingerprint density at radius 3 is 2.71 bits per heavy atom. The van der Waals surface area contributed by atoms with Crippen LogP contribution < -0.4 is 10.1 Å². The molecule has 1 aromatic heterocycles. The van der Waals surface area contributed by atoms with Crippen molar-refractivity contribution in [1.29, 1.82) is 5.26 Å². The number of anilines is 1. The van der Waals surface area contributed by atoms with Crippen molar-refractivity contribution in [2.24, 2.45) is 0 Å². The van der Waals surface area contributed by atoms with Crippen molar-refractivity contribution in [2.45, 2.75) is 6.61 Å². The Morgan fingerprint density at radius 1 is 1.18 bits per heavy atom. The van der Waals surface area contributed by atoms with Gasteiger partial charge in [-0.2, -0.15) is 5.26 Å². The van der Waals surface area contributed by atoms with Crippen LogP contribution in [0.2, 0.25) is 5.02 Å². The molecule has 0 atom stereocenters. The second-order valence-electron chi connectivity index (χ2n) is 7.27. The quantitative estimate of drug-likeness (QED) is 0.151. The number of non-ortho nitro benzene ring substituents is 1. The molecule has 4 rings (SSSR count). The van der Waals surface area contributed by atoms with E-state index in [0.717, 1.165) is 22.5 Å². The van der Waals surface area contributed by atoms with Crippen LogP contribution in [0.1, 0.15) is 11.1 Å². The molecule has 0 aliphatic carbocycles. The van der Waals surface area contributed by atoms with Gasteiger partial charge in [0.05, 0.1) is 15.6 Å². The molecule has 168 valence electrons. The van der Waals surface area contributed by atoms with E-state index >= 15 is 0 Å². The van der Waals surface area contributed by atoms with Crippen LogP contribution in [0.25, 0.3) is 17.0 Å². The van der Waals surface area contributed by atoms with E-state index in [1.807, 2.05) is 54.6 Å². The lowest BCUT2D eigenvalue weighted by atomic mass is 10.1. The third kappa shape index (κ3) is 5.06. The number of carbonyl (C=O) groups is 1. The maximum atomic E-state index is 12.7. The van der Waals surface area contributed by atoms with Gasteiger partial charge in [0.15, 0.2) is 0 Å². The highest BCUT2D eigenvalue weighted by molar-refractivity contribution is 6.34. The minimum atomic E-state index is -0.740. The summed E-state index contributed by atoms with van der Waals surface area (Å²) in [6, 6.07) is 20.8. The largest absolute Gasteiger partial charge is 0.489 e. The zero-order valence-electron chi connectivity index (χ0n) is 17.6. The summed E-state index contributed by atoms with van der Waals surface area (Å²) in [5.41, 5.74) is 2.05. The normalized spacial score (nSPS) is 11.1. The Bertz CT molecular complexity index is 1460. The van der Waals surface area contributed by atoms with Gasteiger partial charge >= 0.3 is 0 Å². The summed E-state index contributed by atoms with van der Waals surface area (Å²) in [5, 5.41) is 23.9. The third-order valence-electron chi connectivity index (χ3n) is 5.01. The Labute approximate surface area is 199 Å². The predicted octanol–water partition coefficient (Wildman–Crippen LogP) is 5.85. The van der Waals surface area contributed by atoms with Gasteiger partial charge in [-0.25, -0.2) is 0 Å². The minimum absolute atomic E-state index is 0.0394. The first-order chi connectivity index (χ1) is 16.4. The van der Waals surface area contributed by atoms with Gasteiger partial charge in [0.1, 0.15) is 24.0 Å². The number of nitro benzene ring substituents is 1. The summed E-state index contributed by atoms with van der Waals surface area (Å²) in [5.74, 6) is -0.104. The zero-order valence-corrected chi connectivity index (χ0v) is 18.4. The maximum Gasteiger partial charge on any atom is 0.271 e. The number of ether oxygens (including phenoxy) is 1. The lowest BCUT2D eigenvalue weighted by Crippen LogP contribution is -2.14. The summed E-state index contributed by atoms with van der Waals surface area (Å²) < 4.78 is 5.88. The molecule has 0 fully saturated rings. The molecular weight excluding hydrogens is 456 g/mol. The number of aromatic amines is 1. The van der Waals surface area contributed by atoms with Crippen molar-refractivity contribution >= 4 is 45.9 Å². The number of H-pyrrole nitrogens is 1. The molecule has 0 saturated heterocycles. The Kier molecular flexibility index (Phi) is 6.57. The smallest absolute Gasteiger partial charge is 0.271 e. The number of aromatic nitrogens is 1. The summed E-state index contributed by atoms with van der Waals surface area (Å²) in [4.78, 5) is 26.2. The molecule has 2 N–H and O–H groups in total. The summed E-state index contributed by atoms with van der Waals surface area (Å²) in [7, 11) is 0. The van der Waals surface area contributed by atoms with Gasteiger partial charge in [-0.1, -0.05) is 41.9 Å². The summed E-state index contributed by atoms with van der Waals surface area (Å²) in [6.07, 6.45) is 3.11. The number of hydrogen-bond acceptors (Lipinski definition) is 5. The number of rotatable bonds is 7. The molecule has 0 saturated carbocycles. The van der Waals surface area contributed by atoms with Crippen molar-refractivity contribution in [2.75, 3.05) is 5.32 Å². The van der Waals surface area contributed by atoms with Crippen molar-refractivity contribution < 1.29 is 14.5 Å². The number of fused-ring (bicyclic) bond motifs is 1. The standard InChI is InChI=1S/C25H17ClN4O4/c26-22-8-6-19(30(32)33)11-24(22)29-25(31)17(13-27)10-18-14-28-23-9-7-20(12-21(18)23)34-15-16-4-2-1-3-5-16/h1-12,14,28H,15H2,(H,29,31)/b17-10+. The lowest BCUT2D eigenvalue weighted by Gasteiger charge is -2.07. The second kappa shape index (κ2) is 9.90. The highest BCUT2D eigenvalue weighted by Gasteiger charge is 2.16. The van der Waals surface area contributed by atoms with Gasteiger partial charge in [0.2, 0.25) is 0 Å². The first-order valence-electron chi connectivity index (χ1n) is 10.1. The fraction of sp³-hybridized carbons (Fsp3) is 0.0400. The van der Waals surface area contributed by atoms with Crippen LogP contribution in [-0.4, -0.2) is 15.8 Å². The topological polar surface area (TPSA) is 121 Å². The van der Waals surface area contributed by atoms with Crippen LogP contribution in [-0.2, 0) is 11.4 Å². The molecule has 4 aromatic rings. The fourth-order valence-corrected chi connectivity index (χ4v) is 3.45. The highest BCUT2D eigenvalue weighted by Crippen LogP contribution is 2.28. The number of nitrogens with zero attached hydrogens (tertiary/aromatic N) is 2. The Morgan fingerprint density at radius 2 is 1.97 bits per heavy atom. The second-order valence-corrected chi connectivity index (χ2v) is 7.68. The number of halogens is 1. The first-order valence-corrected chi connectivity index (χ1v) is 10.5. The fourth-order valence-electron chi connectivity index (χ4n) is 3.29. The van der Waals surface area contributed by atoms with E-state index in [9.17, 15) is 20.2 Å². The van der Waals surface area contributed by atoms with Crippen LogP contribution >= 0.6 is 11.6 Å². The van der Waals surface area contributed by atoms with E-state index in [4.69, 9.17) is 16.3 Å². The molecule has 1 amide bonds. The average molecular weight is 473 g/mol. The predicted molar refractivity (Wildman–Crippen MR) is 129 cm³/mol. The number of benzene rings is 3. The average Bonchev–Trinajstić information content (AvgIpc) is 3.24. The highest BCUT2D eigenvalue weighted by atomic mass is 35.5. The lowest BCUT2D eigenvalue weighted by molar-refractivity contribution is -0.384. The van der Waals surface area contributed by atoms with Gasteiger partial charge in [0.25, 0.3) is 11.6 Å². The Hall–Kier alpha value is -4.61. The molecular formula is C25H17ClN4O4. The molecule has 0 aliphatic rings. The first kappa shape index (κ1) is 22.6. The molecule has 0 bridgehead atoms. The van der Waals surface area contributed by atoms with Gasteiger partial charge in [0, 0.05) is 34.8 Å². The monoisotopic (exact) mass is 472 g/mol. The number of nitrogens with one attached hydrogen (secondary N) is 2. The Balaban J connectivity index is 1.57. The number of hydrogen-bond donors (Lipinski definition) is 2. The van der Waals surface area contributed by atoms with E-state index < -0.39 is 10.8 Å². The van der Waals surface area contributed by atoms with Crippen LogP contribution in [0.15, 0.2) is 78.5 Å². The van der Waals surface area contributed by atoms with E-state index in [1.54, 1.807) is 6.20 Å². The third-order valence-corrected chi connectivity index (χ3v) is 5.34. The van der Waals surface area contributed by atoms with Crippen LogP contribution in [0, 0.1) is 21.4 Å². The summed E-state index contributed by atoms with van der Waals surface area (Å²) >= 11 is 6.05. The molecule has 0 spiro atoms. The van der Waals surface area contributed by atoms with Crippen molar-refractivity contribution in [1.82, 2.24) is 4.98 Å². The molecule has 1 heterocycles. The molecule has 9 heteroatoms. The van der Waals surface area contributed by atoms with Crippen LogP contribution in [0.3, 0.4) is 0 Å². The number of amides is 1. The molecule has 0 unspecified atom stereocenters. The van der Waals surface area contributed by atoms with Crippen molar-refractivity contribution in [3.63, 3.8) is 0 Å². The van der Waals surface area contributed by atoms with Gasteiger partial charge in [-0.15, -0.1) is 0 Å². The SMILES string of the molecule is N#C/C(=C\c1c[nH]c2ccc(OCc3ccccc3)cc12)C(=O)Nc1cc([N+](=O)[O-])ccc1Cl. The molecule has 8 nitrogen and oxygen atoms in total. The molecule has 34 heavy (non-hydrogen) atoms. The molecule has 0 radical (unpaired) electrons. The minimum Gasteiger partial charge on any atom is -0.489 e.